The average Bonchev–Trinajstić information content (AvgIpc) is 2.63. The molecule has 2 heterocycles. The minimum Gasteiger partial charge on any atom is -0.495 e. The zero-order valence-corrected chi connectivity index (χ0v) is 15.1. The first-order valence-corrected chi connectivity index (χ1v) is 8.68. The predicted octanol–water partition coefficient (Wildman–Crippen LogP) is 3.75. The maximum Gasteiger partial charge on any atom is 0.274 e. The summed E-state index contributed by atoms with van der Waals surface area (Å²) < 4.78 is 5.13. The Morgan fingerprint density at radius 1 is 1.24 bits per heavy atom. The highest BCUT2D eigenvalue weighted by atomic mass is 35.5. The molecule has 1 aliphatic rings. The van der Waals surface area contributed by atoms with Crippen molar-refractivity contribution < 1.29 is 9.53 Å². The summed E-state index contributed by atoms with van der Waals surface area (Å²) in [5.74, 6) is 1.77. The van der Waals surface area contributed by atoms with Crippen LogP contribution < -0.4 is 10.1 Å². The number of methoxy groups -OCH3 is 1. The van der Waals surface area contributed by atoms with Gasteiger partial charge in [0.1, 0.15) is 5.75 Å². The number of rotatable bonds is 4. The fourth-order valence-corrected chi connectivity index (χ4v) is 3.04. The van der Waals surface area contributed by atoms with Crippen LogP contribution in [0.4, 0.5) is 11.5 Å². The van der Waals surface area contributed by atoms with Crippen molar-refractivity contribution in [3.63, 3.8) is 0 Å². The van der Waals surface area contributed by atoms with Crippen molar-refractivity contribution >= 4 is 29.0 Å². The van der Waals surface area contributed by atoms with E-state index in [1.807, 2.05) is 11.0 Å². The molecule has 1 saturated heterocycles. The van der Waals surface area contributed by atoms with Gasteiger partial charge in [-0.1, -0.05) is 18.5 Å². The van der Waals surface area contributed by atoms with Gasteiger partial charge in [-0.2, -0.15) is 0 Å². The smallest absolute Gasteiger partial charge is 0.274 e. The van der Waals surface area contributed by atoms with Gasteiger partial charge in [0.25, 0.3) is 5.91 Å². The molecule has 0 radical (unpaired) electrons. The third kappa shape index (κ3) is 4.20. The molecule has 6 nitrogen and oxygen atoms in total. The van der Waals surface area contributed by atoms with Crippen LogP contribution in [0, 0.1) is 5.92 Å². The van der Waals surface area contributed by atoms with Crippen molar-refractivity contribution in [3.8, 4) is 5.75 Å². The molecular weight excluding hydrogens is 340 g/mol. The highest BCUT2D eigenvalue weighted by molar-refractivity contribution is 6.32. The number of halogens is 1. The molecule has 1 aromatic heterocycles. The van der Waals surface area contributed by atoms with Crippen LogP contribution in [-0.2, 0) is 0 Å². The molecule has 1 fully saturated rings. The lowest BCUT2D eigenvalue weighted by atomic mass is 9.99. The molecule has 3 rings (SSSR count). The van der Waals surface area contributed by atoms with Crippen LogP contribution >= 0.6 is 11.6 Å². The molecule has 25 heavy (non-hydrogen) atoms. The summed E-state index contributed by atoms with van der Waals surface area (Å²) in [7, 11) is 1.57. The minimum absolute atomic E-state index is 0.0570. The third-order valence-electron chi connectivity index (χ3n) is 4.38. The van der Waals surface area contributed by atoms with Crippen molar-refractivity contribution in [3.05, 3.63) is 41.0 Å². The van der Waals surface area contributed by atoms with E-state index in [1.165, 1.54) is 0 Å². The van der Waals surface area contributed by atoms with E-state index >= 15 is 0 Å². The Labute approximate surface area is 152 Å². The van der Waals surface area contributed by atoms with E-state index in [1.54, 1.807) is 31.4 Å². The van der Waals surface area contributed by atoms with E-state index in [4.69, 9.17) is 16.3 Å². The number of carbonyl (C=O) groups excluding carboxylic acids is 1. The van der Waals surface area contributed by atoms with Gasteiger partial charge in [-0.15, -0.1) is 10.2 Å². The Morgan fingerprint density at radius 3 is 2.60 bits per heavy atom. The first-order valence-electron chi connectivity index (χ1n) is 8.30. The molecule has 132 valence electrons. The number of piperidine rings is 1. The van der Waals surface area contributed by atoms with Crippen molar-refractivity contribution in [2.45, 2.75) is 19.8 Å². The normalized spacial score (nSPS) is 15.1. The van der Waals surface area contributed by atoms with Gasteiger partial charge in [-0.05, 0) is 49.1 Å². The number of hydrogen-bond donors (Lipinski definition) is 1. The number of nitrogens with zero attached hydrogens (tertiary/aromatic N) is 3. The predicted molar refractivity (Wildman–Crippen MR) is 97.6 cm³/mol. The van der Waals surface area contributed by atoms with Crippen molar-refractivity contribution in [1.82, 2.24) is 15.1 Å². The maximum atomic E-state index is 12.5. The lowest BCUT2D eigenvalue weighted by molar-refractivity contribution is 0.0690. The number of hydrogen-bond acceptors (Lipinski definition) is 5. The summed E-state index contributed by atoms with van der Waals surface area (Å²) >= 11 is 6.11. The number of aromatic nitrogens is 2. The van der Waals surface area contributed by atoms with Gasteiger partial charge in [0.15, 0.2) is 11.5 Å². The quantitative estimate of drug-likeness (QED) is 0.899. The summed E-state index contributed by atoms with van der Waals surface area (Å²) in [6, 6.07) is 8.79. The first-order chi connectivity index (χ1) is 12.1. The lowest BCUT2D eigenvalue weighted by Crippen LogP contribution is -2.38. The van der Waals surface area contributed by atoms with Crippen LogP contribution in [0.3, 0.4) is 0 Å². The molecule has 0 atom stereocenters. The standard InChI is InChI=1S/C18H21ClN4O2/c1-12-7-9-23(10-8-12)18(24)15-4-6-17(22-21-15)20-13-3-5-16(25-2)14(19)11-13/h3-6,11-12H,7-10H2,1-2H3,(H,20,22). The Kier molecular flexibility index (Phi) is 5.38. The largest absolute Gasteiger partial charge is 0.495 e. The number of carbonyl (C=O) groups is 1. The fraction of sp³-hybridized carbons (Fsp3) is 0.389. The first kappa shape index (κ1) is 17.5. The zero-order valence-electron chi connectivity index (χ0n) is 14.3. The van der Waals surface area contributed by atoms with Crippen LogP contribution in [0.1, 0.15) is 30.3 Å². The number of likely N-dealkylation sites (tertiary alicyclic amines) is 1. The van der Waals surface area contributed by atoms with Gasteiger partial charge in [0, 0.05) is 18.8 Å². The molecule has 0 bridgehead atoms. The van der Waals surface area contributed by atoms with Gasteiger partial charge in [-0.3, -0.25) is 4.79 Å². The Balaban J connectivity index is 1.66. The van der Waals surface area contributed by atoms with E-state index in [-0.39, 0.29) is 5.91 Å². The van der Waals surface area contributed by atoms with Crippen molar-refractivity contribution in [2.75, 3.05) is 25.5 Å². The summed E-state index contributed by atoms with van der Waals surface area (Å²) in [4.78, 5) is 14.3. The topological polar surface area (TPSA) is 67.3 Å². The van der Waals surface area contributed by atoms with Crippen LogP contribution in [0.25, 0.3) is 0 Å². The van der Waals surface area contributed by atoms with E-state index in [0.717, 1.165) is 31.6 Å². The highest BCUT2D eigenvalue weighted by Crippen LogP contribution is 2.28. The Hall–Kier alpha value is -2.34. The molecule has 0 spiro atoms. The molecule has 1 N–H and O–H groups in total. The summed E-state index contributed by atoms with van der Waals surface area (Å²) in [6.07, 6.45) is 2.08. The summed E-state index contributed by atoms with van der Waals surface area (Å²) in [6.45, 7) is 3.78. The van der Waals surface area contributed by atoms with E-state index in [2.05, 4.69) is 22.4 Å². The monoisotopic (exact) mass is 360 g/mol. The Bertz CT molecular complexity index is 743. The zero-order chi connectivity index (χ0) is 17.8. The molecule has 0 unspecified atom stereocenters. The third-order valence-corrected chi connectivity index (χ3v) is 4.67. The van der Waals surface area contributed by atoms with Crippen molar-refractivity contribution in [1.29, 1.82) is 0 Å². The lowest BCUT2D eigenvalue weighted by Gasteiger charge is -2.29. The SMILES string of the molecule is COc1ccc(Nc2ccc(C(=O)N3CCC(C)CC3)nn2)cc1Cl. The van der Waals surface area contributed by atoms with E-state index < -0.39 is 0 Å². The second-order valence-electron chi connectivity index (χ2n) is 6.25. The number of ether oxygens (including phenoxy) is 1. The van der Waals surface area contributed by atoms with Crippen molar-refractivity contribution in [2.24, 2.45) is 5.92 Å². The van der Waals surface area contributed by atoms with Crippen LogP contribution in [-0.4, -0.2) is 41.2 Å². The minimum atomic E-state index is -0.0570. The number of anilines is 2. The van der Waals surface area contributed by atoms with Crippen LogP contribution in [0.5, 0.6) is 5.75 Å². The second kappa shape index (κ2) is 7.70. The van der Waals surface area contributed by atoms with Gasteiger partial charge in [-0.25, -0.2) is 0 Å². The van der Waals surface area contributed by atoms with Crippen LogP contribution in [0.2, 0.25) is 5.02 Å². The molecule has 2 aromatic rings. The maximum absolute atomic E-state index is 12.5. The fourth-order valence-electron chi connectivity index (χ4n) is 2.78. The van der Waals surface area contributed by atoms with Gasteiger partial charge >= 0.3 is 0 Å². The molecular formula is C18H21ClN4O2. The average molecular weight is 361 g/mol. The second-order valence-corrected chi connectivity index (χ2v) is 6.66. The summed E-state index contributed by atoms with van der Waals surface area (Å²) in [5.41, 5.74) is 1.14. The van der Waals surface area contributed by atoms with Gasteiger partial charge in [0.2, 0.25) is 0 Å². The van der Waals surface area contributed by atoms with Gasteiger partial charge in [0.05, 0.1) is 12.1 Å². The molecule has 1 aromatic carbocycles. The number of benzene rings is 1. The number of nitrogens with one attached hydrogen (secondary N) is 1. The van der Waals surface area contributed by atoms with Gasteiger partial charge < -0.3 is 15.0 Å². The number of amides is 1. The van der Waals surface area contributed by atoms with Crippen LogP contribution in [0.15, 0.2) is 30.3 Å². The molecule has 0 saturated carbocycles. The molecule has 7 heteroatoms. The Morgan fingerprint density at radius 2 is 2.00 bits per heavy atom. The molecule has 0 aliphatic carbocycles. The van der Waals surface area contributed by atoms with E-state index in [0.29, 0.717) is 28.2 Å². The molecule has 1 amide bonds. The summed E-state index contributed by atoms with van der Waals surface area (Å²) in [5, 5.41) is 11.8. The highest BCUT2D eigenvalue weighted by Gasteiger charge is 2.22. The van der Waals surface area contributed by atoms with E-state index in [9.17, 15) is 4.79 Å². The molecule has 1 aliphatic heterocycles.